The van der Waals surface area contributed by atoms with Crippen molar-refractivity contribution in [3.05, 3.63) is 34.9 Å². The molecule has 1 heterocycles. The summed E-state index contributed by atoms with van der Waals surface area (Å²) >= 11 is 0. The first-order chi connectivity index (χ1) is 9.06. The van der Waals surface area contributed by atoms with E-state index in [0.717, 1.165) is 29.9 Å². The zero-order valence-electron chi connectivity index (χ0n) is 10.3. The quantitative estimate of drug-likeness (QED) is 0.653. The minimum absolute atomic E-state index is 0.0669. The van der Waals surface area contributed by atoms with E-state index in [1.807, 2.05) is 0 Å². The third-order valence-electron chi connectivity index (χ3n) is 3.10. The molecule has 0 saturated heterocycles. The van der Waals surface area contributed by atoms with Gasteiger partial charge in [-0.15, -0.1) is 0 Å². The predicted molar refractivity (Wildman–Crippen MR) is 64.6 cm³/mol. The van der Waals surface area contributed by atoms with E-state index in [2.05, 4.69) is 0 Å². The van der Waals surface area contributed by atoms with Crippen molar-refractivity contribution >= 4 is 11.8 Å². The Kier molecular flexibility index (Phi) is 3.90. The molecule has 0 radical (unpaired) electrons. The van der Waals surface area contributed by atoms with Gasteiger partial charge in [0.1, 0.15) is 0 Å². The summed E-state index contributed by atoms with van der Waals surface area (Å²) in [5.74, 6) is -3.37. The predicted octanol–water partition coefficient (Wildman–Crippen LogP) is 1.69. The van der Waals surface area contributed by atoms with Crippen molar-refractivity contribution in [2.45, 2.75) is 19.3 Å². The van der Waals surface area contributed by atoms with Crippen molar-refractivity contribution < 1.29 is 18.4 Å². The Hall–Kier alpha value is -1.82. The fourth-order valence-corrected chi connectivity index (χ4v) is 2.08. The van der Waals surface area contributed by atoms with Gasteiger partial charge in [-0.25, -0.2) is 8.78 Å². The molecule has 102 valence electrons. The van der Waals surface area contributed by atoms with Crippen LogP contribution in [0.2, 0.25) is 0 Å². The van der Waals surface area contributed by atoms with Crippen LogP contribution in [0, 0.1) is 11.6 Å². The van der Waals surface area contributed by atoms with Crippen molar-refractivity contribution in [3.8, 4) is 0 Å². The van der Waals surface area contributed by atoms with Crippen LogP contribution in [-0.4, -0.2) is 29.8 Å². The second kappa shape index (κ2) is 5.44. The third kappa shape index (κ3) is 2.49. The molecule has 0 spiro atoms. The van der Waals surface area contributed by atoms with Crippen molar-refractivity contribution in [2.75, 3.05) is 13.1 Å². The number of imide groups is 1. The van der Waals surface area contributed by atoms with Gasteiger partial charge in [-0.2, -0.15) is 0 Å². The van der Waals surface area contributed by atoms with Crippen LogP contribution in [-0.2, 0) is 0 Å². The zero-order chi connectivity index (χ0) is 14.0. The second-order valence-electron chi connectivity index (χ2n) is 4.42. The summed E-state index contributed by atoms with van der Waals surface area (Å²) in [7, 11) is 0. The molecule has 1 aromatic carbocycles. The second-order valence-corrected chi connectivity index (χ2v) is 4.42. The van der Waals surface area contributed by atoms with E-state index in [1.54, 1.807) is 0 Å². The first-order valence-corrected chi connectivity index (χ1v) is 6.11. The number of unbranched alkanes of at least 4 members (excludes halogenated alkanes) is 2. The van der Waals surface area contributed by atoms with Crippen LogP contribution in [0.3, 0.4) is 0 Å². The van der Waals surface area contributed by atoms with Gasteiger partial charge in [-0.1, -0.05) is 6.42 Å². The molecule has 2 amide bonds. The van der Waals surface area contributed by atoms with Crippen LogP contribution in [0.15, 0.2) is 12.1 Å². The number of nitrogens with two attached hydrogens (primary N) is 1. The number of hydrogen-bond acceptors (Lipinski definition) is 3. The molecular weight excluding hydrogens is 254 g/mol. The number of benzene rings is 1. The lowest BCUT2D eigenvalue weighted by molar-refractivity contribution is 0.0651. The average Bonchev–Trinajstić information content (AvgIpc) is 2.60. The summed E-state index contributed by atoms with van der Waals surface area (Å²) in [5, 5.41) is 0. The lowest BCUT2D eigenvalue weighted by Crippen LogP contribution is -2.30. The Morgan fingerprint density at radius 3 is 1.95 bits per heavy atom. The Bertz CT molecular complexity index is 491. The van der Waals surface area contributed by atoms with Crippen molar-refractivity contribution in [1.82, 2.24) is 4.90 Å². The first kappa shape index (κ1) is 13.6. The normalized spacial score (nSPS) is 14.2. The van der Waals surface area contributed by atoms with Crippen molar-refractivity contribution in [2.24, 2.45) is 5.73 Å². The minimum Gasteiger partial charge on any atom is -0.330 e. The van der Waals surface area contributed by atoms with Gasteiger partial charge in [0.25, 0.3) is 11.8 Å². The van der Waals surface area contributed by atoms with Gasteiger partial charge in [0.2, 0.25) is 0 Å². The topological polar surface area (TPSA) is 63.4 Å². The molecule has 0 aromatic heterocycles. The molecule has 2 N–H and O–H groups in total. The average molecular weight is 268 g/mol. The largest absolute Gasteiger partial charge is 0.330 e. The van der Waals surface area contributed by atoms with E-state index in [1.165, 1.54) is 0 Å². The highest BCUT2D eigenvalue weighted by atomic mass is 19.2. The molecule has 0 saturated carbocycles. The maximum absolute atomic E-state index is 13.1. The monoisotopic (exact) mass is 268 g/mol. The molecule has 1 aliphatic heterocycles. The molecule has 4 nitrogen and oxygen atoms in total. The molecule has 0 bridgehead atoms. The Morgan fingerprint density at radius 2 is 1.47 bits per heavy atom. The van der Waals surface area contributed by atoms with E-state index >= 15 is 0 Å². The summed E-state index contributed by atoms with van der Waals surface area (Å²) < 4.78 is 26.2. The van der Waals surface area contributed by atoms with Crippen LogP contribution in [0.4, 0.5) is 8.78 Å². The van der Waals surface area contributed by atoms with Crippen LogP contribution in [0.5, 0.6) is 0 Å². The third-order valence-corrected chi connectivity index (χ3v) is 3.10. The van der Waals surface area contributed by atoms with E-state index in [-0.39, 0.29) is 17.7 Å². The molecule has 0 aliphatic carbocycles. The highest BCUT2D eigenvalue weighted by Gasteiger charge is 2.36. The number of halogens is 2. The van der Waals surface area contributed by atoms with Gasteiger partial charge in [-0.05, 0) is 31.5 Å². The van der Waals surface area contributed by atoms with Gasteiger partial charge < -0.3 is 5.73 Å². The number of hydrogen-bond donors (Lipinski definition) is 1. The van der Waals surface area contributed by atoms with Gasteiger partial charge in [0.05, 0.1) is 11.1 Å². The van der Waals surface area contributed by atoms with Gasteiger partial charge in [0.15, 0.2) is 11.6 Å². The number of fused-ring (bicyclic) bond motifs is 1. The van der Waals surface area contributed by atoms with Crippen molar-refractivity contribution in [1.29, 1.82) is 0 Å². The Balaban J connectivity index is 2.15. The maximum Gasteiger partial charge on any atom is 0.261 e. The molecule has 19 heavy (non-hydrogen) atoms. The highest BCUT2D eigenvalue weighted by Crippen LogP contribution is 2.25. The van der Waals surface area contributed by atoms with Crippen LogP contribution >= 0.6 is 0 Å². The van der Waals surface area contributed by atoms with E-state index in [0.29, 0.717) is 13.0 Å². The molecule has 0 unspecified atom stereocenters. The highest BCUT2D eigenvalue weighted by molar-refractivity contribution is 6.21. The van der Waals surface area contributed by atoms with E-state index < -0.39 is 23.4 Å². The molecule has 2 rings (SSSR count). The van der Waals surface area contributed by atoms with Crippen LogP contribution in [0.25, 0.3) is 0 Å². The van der Waals surface area contributed by atoms with Crippen LogP contribution < -0.4 is 5.73 Å². The maximum atomic E-state index is 13.1. The van der Waals surface area contributed by atoms with E-state index in [4.69, 9.17) is 5.73 Å². The van der Waals surface area contributed by atoms with Gasteiger partial charge in [0, 0.05) is 6.54 Å². The zero-order valence-corrected chi connectivity index (χ0v) is 10.3. The smallest absolute Gasteiger partial charge is 0.261 e. The minimum atomic E-state index is -1.12. The SMILES string of the molecule is NCCCCCN1C(=O)c2cc(F)c(F)cc2C1=O. The number of carbonyl (C=O) groups excluding carboxylic acids is 2. The molecule has 1 aromatic rings. The number of nitrogens with zero attached hydrogens (tertiary/aromatic N) is 1. The summed E-state index contributed by atoms with van der Waals surface area (Å²) in [4.78, 5) is 24.9. The number of rotatable bonds is 5. The molecule has 1 aliphatic rings. The molecular formula is C13H14F2N2O2. The fraction of sp³-hybridized carbons (Fsp3) is 0.385. The lowest BCUT2D eigenvalue weighted by Gasteiger charge is -2.12. The molecule has 6 heteroatoms. The molecule has 0 atom stereocenters. The summed E-state index contributed by atoms with van der Waals surface area (Å²) in [6.45, 7) is 0.800. The van der Waals surface area contributed by atoms with Gasteiger partial charge in [-0.3, -0.25) is 14.5 Å². The lowest BCUT2D eigenvalue weighted by atomic mass is 10.1. The van der Waals surface area contributed by atoms with Crippen molar-refractivity contribution in [3.63, 3.8) is 0 Å². The summed E-state index contributed by atoms with van der Waals surface area (Å²) in [5.41, 5.74) is 5.21. The fourth-order valence-electron chi connectivity index (χ4n) is 2.08. The number of amides is 2. The Labute approximate surface area is 109 Å². The number of carbonyl (C=O) groups is 2. The summed E-state index contributed by atoms with van der Waals surface area (Å²) in [6.07, 6.45) is 2.24. The van der Waals surface area contributed by atoms with Gasteiger partial charge >= 0.3 is 0 Å². The standard InChI is InChI=1S/C13H14F2N2O2/c14-10-6-8-9(7-11(10)15)13(19)17(12(8)18)5-3-1-2-4-16/h6-7H,1-5,16H2. The first-order valence-electron chi connectivity index (χ1n) is 6.11. The summed E-state index contributed by atoms with van der Waals surface area (Å²) in [6, 6.07) is 1.57. The van der Waals surface area contributed by atoms with E-state index in [9.17, 15) is 18.4 Å². The molecule has 0 fully saturated rings. The van der Waals surface area contributed by atoms with Crippen LogP contribution in [0.1, 0.15) is 40.0 Å². The Morgan fingerprint density at radius 1 is 0.947 bits per heavy atom.